The standard InChI is InChI=1S/C14H17N3OS/c1-10-4-6-19-13(10)9-17(2)14(18)11-3-5-16-12(7-11)8-15/h3-7H,8-9,15H2,1-2H3. The Morgan fingerprint density at radius 1 is 1.47 bits per heavy atom. The lowest BCUT2D eigenvalue weighted by atomic mass is 10.2. The first-order chi connectivity index (χ1) is 9.11. The second-order valence-corrected chi connectivity index (χ2v) is 5.43. The van der Waals surface area contributed by atoms with Crippen molar-refractivity contribution < 1.29 is 4.79 Å². The molecule has 0 aliphatic carbocycles. The minimum atomic E-state index is -0.00935. The van der Waals surface area contributed by atoms with E-state index in [4.69, 9.17) is 5.73 Å². The molecule has 0 unspecified atom stereocenters. The SMILES string of the molecule is Cc1ccsc1CN(C)C(=O)c1ccnc(CN)c1. The summed E-state index contributed by atoms with van der Waals surface area (Å²) in [6.45, 7) is 3.03. The average Bonchev–Trinajstić information content (AvgIpc) is 2.83. The fourth-order valence-electron chi connectivity index (χ4n) is 1.80. The molecular formula is C14H17N3OS. The fraction of sp³-hybridized carbons (Fsp3) is 0.286. The Bertz CT molecular complexity index is 580. The van der Waals surface area contributed by atoms with Crippen LogP contribution >= 0.6 is 11.3 Å². The number of nitrogens with zero attached hydrogens (tertiary/aromatic N) is 2. The van der Waals surface area contributed by atoms with Crippen molar-refractivity contribution >= 4 is 17.2 Å². The lowest BCUT2D eigenvalue weighted by Gasteiger charge is -2.17. The van der Waals surface area contributed by atoms with E-state index >= 15 is 0 Å². The summed E-state index contributed by atoms with van der Waals surface area (Å²) in [6, 6.07) is 5.54. The summed E-state index contributed by atoms with van der Waals surface area (Å²) in [5, 5.41) is 2.04. The van der Waals surface area contributed by atoms with Crippen LogP contribution in [0.15, 0.2) is 29.8 Å². The molecule has 2 aromatic heterocycles. The monoisotopic (exact) mass is 275 g/mol. The lowest BCUT2D eigenvalue weighted by Crippen LogP contribution is -2.26. The van der Waals surface area contributed by atoms with E-state index in [9.17, 15) is 4.79 Å². The molecule has 0 aliphatic heterocycles. The van der Waals surface area contributed by atoms with Crippen molar-refractivity contribution in [3.8, 4) is 0 Å². The van der Waals surface area contributed by atoms with Crippen LogP contribution in [0.25, 0.3) is 0 Å². The molecule has 0 aliphatic rings. The summed E-state index contributed by atoms with van der Waals surface area (Å²) >= 11 is 1.67. The van der Waals surface area contributed by atoms with Crippen LogP contribution in [0.1, 0.15) is 26.5 Å². The zero-order chi connectivity index (χ0) is 13.8. The predicted molar refractivity (Wildman–Crippen MR) is 77.0 cm³/mol. The van der Waals surface area contributed by atoms with Gasteiger partial charge in [-0.25, -0.2) is 0 Å². The van der Waals surface area contributed by atoms with E-state index in [2.05, 4.69) is 18.0 Å². The summed E-state index contributed by atoms with van der Waals surface area (Å²) in [6.07, 6.45) is 1.62. The summed E-state index contributed by atoms with van der Waals surface area (Å²) in [5.74, 6) is -0.00935. The Morgan fingerprint density at radius 2 is 2.26 bits per heavy atom. The highest BCUT2D eigenvalue weighted by molar-refractivity contribution is 7.10. The van der Waals surface area contributed by atoms with Gasteiger partial charge in [0.2, 0.25) is 0 Å². The molecule has 0 fully saturated rings. The first-order valence-corrected chi connectivity index (χ1v) is 6.93. The highest BCUT2D eigenvalue weighted by Gasteiger charge is 2.14. The number of aryl methyl sites for hydroxylation is 1. The number of pyridine rings is 1. The number of aromatic nitrogens is 1. The van der Waals surface area contributed by atoms with Crippen LogP contribution in [0.5, 0.6) is 0 Å². The van der Waals surface area contributed by atoms with Gasteiger partial charge in [0.25, 0.3) is 5.91 Å². The van der Waals surface area contributed by atoms with Crippen LogP contribution < -0.4 is 5.73 Å². The van der Waals surface area contributed by atoms with Crippen molar-refractivity contribution in [2.75, 3.05) is 7.05 Å². The Morgan fingerprint density at radius 3 is 2.89 bits per heavy atom. The molecule has 0 radical (unpaired) electrons. The normalized spacial score (nSPS) is 10.5. The van der Waals surface area contributed by atoms with Crippen molar-refractivity contribution in [2.45, 2.75) is 20.0 Å². The molecule has 5 heteroatoms. The molecule has 100 valence electrons. The van der Waals surface area contributed by atoms with Crippen LogP contribution in [0.4, 0.5) is 0 Å². The van der Waals surface area contributed by atoms with Gasteiger partial charge in [-0.1, -0.05) is 0 Å². The maximum absolute atomic E-state index is 12.3. The molecule has 1 amide bonds. The van der Waals surface area contributed by atoms with E-state index < -0.39 is 0 Å². The van der Waals surface area contributed by atoms with Crippen molar-refractivity contribution in [1.82, 2.24) is 9.88 Å². The van der Waals surface area contributed by atoms with Crippen molar-refractivity contribution in [2.24, 2.45) is 5.73 Å². The van der Waals surface area contributed by atoms with E-state index in [0.29, 0.717) is 18.7 Å². The van der Waals surface area contributed by atoms with Crippen LogP contribution in [-0.4, -0.2) is 22.8 Å². The number of hydrogen-bond acceptors (Lipinski definition) is 4. The molecule has 0 atom stereocenters. The van der Waals surface area contributed by atoms with E-state index in [1.54, 1.807) is 34.6 Å². The average molecular weight is 275 g/mol. The Hall–Kier alpha value is -1.72. The molecule has 2 N–H and O–H groups in total. The molecule has 2 rings (SSSR count). The van der Waals surface area contributed by atoms with Gasteiger partial charge in [0.05, 0.1) is 12.2 Å². The largest absolute Gasteiger partial charge is 0.337 e. The maximum atomic E-state index is 12.3. The molecule has 0 bridgehead atoms. The topological polar surface area (TPSA) is 59.2 Å². The minimum Gasteiger partial charge on any atom is -0.337 e. The van der Waals surface area contributed by atoms with Gasteiger partial charge in [-0.05, 0) is 36.1 Å². The number of thiophene rings is 1. The first-order valence-electron chi connectivity index (χ1n) is 6.05. The van der Waals surface area contributed by atoms with Gasteiger partial charge < -0.3 is 10.6 Å². The highest BCUT2D eigenvalue weighted by atomic mass is 32.1. The molecular weight excluding hydrogens is 258 g/mol. The van der Waals surface area contributed by atoms with Gasteiger partial charge in [0, 0.05) is 30.2 Å². The second-order valence-electron chi connectivity index (χ2n) is 4.43. The number of carbonyl (C=O) groups is 1. The second kappa shape index (κ2) is 5.95. The molecule has 0 saturated carbocycles. The Kier molecular flexibility index (Phi) is 4.29. The highest BCUT2D eigenvalue weighted by Crippen LogP contribution is 2.18. The summed E-state index contributed by atoms with van der Waals surface area (Å²) < 4.78 is 0. The summed E-state index contributed by atoms with van der Waals surface area (Å²) in [5.41, 5.74) is 8.12. The molecule has 0 aromatic carbocycles. The lowest BCUT2D eigenvalue weighted by molar-refractivity contribution is 0.0786. The first kappa shape index (κ1) is 13.7. The van der Waals surface area contributed by atoms with Gasteiger partial charge in [-0.2, -0.15) is 0 Å². The van der Waals surface area contributed by atoms with Gasteiger partial charge in [-0.15, -0.1) is 11.3 Å². The molecule has 2 aromatic rings. The number of rotatable bonds is 4. The number of amides is 1. The smallest absolute Gasteiger partial charge is 0.254 e. The zero-order valence-electron chi connectivity index (χ0n) is 11.1. The molecule has 2 heterocycles. The third-order valence-electron chi connectivity index (χ3n) is 2.97. The van der Waals surface area contributed by atoms with E-state index in [1.165, 1.54) is 10.4 Å². The van der Waals surface area contributed by atoms with Crippen molar-refractivity contribution in [3.63, 3.8) is 0 Å². The van der Waals surface area contributed by atoms with Crippen molar-refractivity contribution in [1.29, 1.82) is 0 Å². The molecule has 4 nitrogen and oxygen atoms in total. The molecule has 19 heavy (non-hydrogen) atoms. The van der Waals surface area contributed by atoms with E-state index in [0.717, 1.165) is 5.69 Å². The van der Waals surface area contributed by atoms with Crippen LogP contribution in [0, 0.1) is 6.92 Å². The third-order valence-corrected chi connectivity index (χ3v) is 3.98. The molecule has 0 spiro atoms. The van der Waals surface area contributed by atoms with Gasteiger partial charge in [0.15, 0.2) is 0 Å². The van der Waals surface area contributed by atoms with Crippen LogP contribution in [0.3, 0.4) is 0 Å². The van der Waals surface area contributed by atoms with Crippen LogP contribution in [-0.2, 0) is 13.1 Å². The van der Waals surface area contributed by atoms with E-state index in [-0.39, 0.29) is 5.91 Å². The molecule has 0 saturated heterocycles. The Labute approximate surface area is 116 Å². The number of hydrogen-bond donors (Lipinski definition) is 1. The van der Waals surface area contributed by atoms with Crippen molar-refractivity contribution in [3.05, 3.63) is 51.5 Å². The predicted octanol–water partition coefficient (Wildman–Crippen LogP) is 2.18. The minimum absolute atomic E-state index is 0.00935. The van der Waals surface area contributed by atoms with Crippen LogP contribution in [0.2, 0.25) is 0 Å². The maximum Gasteiger partial charge on any atom is 0.254 e. The van der Waals surface area contributed by atoms with Gasteiger partial charge in [-0.3, -0.25) is 9.78 Å². The summed E-state index contributed by atoms with van der Waals surface area (Å²) in [7, 11) is 1.81. The number of nitrogens with two attached hydrogens (primary N) is 1. The van der Waals surface area contributed by atoms with Gasteiger partial charge in [0.1, 0.15) is 0 Å². The van der Waals surface area contributed by atoms with E-state index in [1.807, 2.05) is 12.4 Å². The Balaban J connectivity index is 2.12. The van der Waals surface area contributed by atoms with Gasteiger partial charge >= 0.3 is 0 Å². The third kappa shape index (κ3) is 3.19. The zero-order valence-corrected chi connectivity index (χ0v) is 11.9. The quantitative estimate of drug-likeness (QED) is 0.930. The number of carbonyl (C=O) groups excluding carboxylic acids is 1. The summed E-state index contributed by atoms with van der Waals surface area (Å²) in [4.78, 5) is 19.3. The fourth-order valence-corrected chi connectivity index (χ4v) is 2.76.